The highest BCUT2D eigenvalue weighted by Gasteiger charge is 2.32. The van der Waals surface area contributed by atoms with Crippen molar-refractivity contribution in [3.8, 4) is 11.5 Å². The molecule has 0 bridgehead atoms. The van der Waals surface area contributed by atoms with E-state index >= 15 is 0 Å². The van der Waals surface area contributed by atoms with Crippen LogP contribution in [0, 0.1) is 11.7 Å². The van der Waals surface area contributed by atoms with E-state index in [0.717, 1.165) is 74.3 Å². The van der Waals surface area contributed by atoms with Crippen LogP contribution in [0.2, 0.25) is 0 Å². The first kappa shape index (κ1) is 22.2. The van der Waals surface area contributed by atoms with Crippen LogP contribution in [0.25, 0.3) is 11.0 Å². The number of benzene rings is 2. The molecule has 0 spiro atoms. The summed E-state index contributed by atoms with van der Waals surface area (Å²) in [6, 6.07) is 8.66. The third-order valence-corrected chi connectivity index (χ3v) is 7.16. The van der Waals surface area contributed by atoms with Gasteiger partial charge in [0.15, 0.2) is 17.1 Å². The molecule has 2 aliphatic rings. The Kier molecular flexibility index (Phi) is 6.51. The smallest absolute Gasteiger partial charge is 0.170 e. The van der Waals surface area contributed by atoms with E-state index in [4.69, 9.17) is 18.7 Å². The van der Waals surface area contributed by atoms with Crippen molar-refractivity contribution in [1.29, 1.82) is 0 Å². The Hall–Kier alpha value is -2.64. The third kappa shape index (κ3) is 4.57. The van der Waals surface area contributed by atoms with Gasteiger partial charge in [-0.25, -0.2) is 4.39 Å². The molecule has 6 nitrogen and oxygen atoms in total. The van der Waals surface area contributed by atoms with E-state index in [0.29, 0.717) is 18.1 Å². The van der Waals surface area contributed by atoms with E-state index in [-0.39, 0.29) is 11.9 Å². The zero-order valence-electron chi connectivity index (χ0n) is 19.3. The highest BCUT2D eigenvalue weighted by atomic mass is 19.1. The molecule has 0 radical (unpaired) electrons. The van der Waals surface area contributed by atoms with Crippen LogP contribution in [-0.2, 0) is 24.2 Å². The van der Waals surface area contributed by atoms with Gasteiger partial charge in [-0.15, -0.1) is 0 Å². The van der Waals surface area contributed by atoms with Gasteiger partial charge in [-0.05, 0) is 75.0 Å². The maximum absolute atomic E-state index is 13.3. The molecule has 2 aromatic carbocycles. The van der Waals surface area contributed by atoms with Gasteiger partial charge in [0.1, 0.15) is 5.82 Å². The second-order valence-corrected chi connectivity index (χ2v) is 9.04. The molecular weight excluding hydrogens is 423 g/mol. The van der Waals surface area contributed by atoms with Crippen molar-refractivity contribution in [2.24, 2.45) is 5.92 Å². The van der Waals surface area contributed by atoms with E-state index in [1.165, 1.54) is 23.3 Å². The number of piperidine rings is 1. The second kappa shape index (κ2) is 9.69. The number of ether oxygens (including phenoxy) is 3. The molecule has 1 saturated heterocycles. The van der Waals surface area contributed by atoms with E-state index in [1.807, 2.05) is 6.07 Å². The van der Waals surface area contributed by atoms with Crippen LogP contribution < -0.4 is 9.47 Å². The Labute approximate surface area is 193 Å². The van der Waals surface area contributed by atoms with Crippen LogP contribution in [0.5, 0.6) is 11.5 Å². The first-order valence-electron chi connectivity index (χ1n) is 11.8. The molecule has 1 atom stereocenters. The summed E-state index contributed by atoms with van der Waals surface area (Å²) in [4.78, 5) is 2.53. The van der Waals surface area contributed by atoms with Crippen molar-refractivity contribution in [2.45, 2.75) is 44.8 Å². The number of halogens is 1. The first-order chi connectivity index (χ1) is 16.2. The number of fused-ring (bicyclic) bond motifs is 2. The molecule has 1 unspecified atom stereocenters. The molecule has 33 heavy (non-hydrogen) atoms. The zero-order valence-corrected chi connectivity index (χ0v) is 19.3. The van der Waals surface area contributed by atoms with Gasteiger partial charge in [0, 0.05) is 23.4 Å². The van der Waals surface area contributed by atoms with Crippen LogP contribution in [0.3, 0.4) is 0 Å². The molecule has 176 valence electrons. The number of rotatable bonds is 7. The average molecular weight is 455 g/mol. The van der Waals surface area contributed by atoms with Gasteiger partial charge in [0.2, 0.25) is 0 Å². The maximum Gasteiger partial charge on any atom is 0.170 e. The lowest BCUT2D eigenvalue weighted by molar-refractivity contribution is -0.0288. The number of aromatic nitrogens is 1. The van der Waals surface area contributed by atoms with Crippen molar-refractivity contribution in [2.75, 3.05) is 33.9 Å². The summed E-state index contributed by atoms with van der Waals surface area (Å²) in [5.41, 5.74) is 3.87. The fraction of sp³-hybridized carbons (Fsp3) is 0.500. The third-order valence-electron chi connectivity index (χ3n) is 7.16. The summed E-state index contributed by atoms with van der Waals surface area (Å²) in [5.74, 6) is 1.90. The van der Waals surface area contributed by atoms with Crippen molar-refractivity contribution >= 4 is 11.0 Å². The predicted octanol–water partition coefficient (Wildman–Crippen LogP) is 4.77. The summed E-state index contributed by atoms with van der Waals surface area (Å²) >= 11 is 0. The Morgan fingerprint density at radius 1 is 1.12 bits per heavy atom. The molecule has 0 N–H and O–H groups in total. The van der Waals surface area contributed by atoms with Crippen molar-refractivity contribution in [3.05, 3.63) is 53.0 Å². The number of nitrogens with zero attached hydrogens (tertiary/aromatic N) is 2. The number of methoxy groups -OCH3 is 2. The van der Waals surface area contributed by atoms with Gasteiger partial charge in [0.05, 0.1) is 32.6 Å². The Morgan fingerprint density at radius 3 is 2.76 bits per heavy atom. The fourth-order valence-electron chi connectivity index (χ4n) is 5.31. The lowest BCUT2D eigenvalue weighted by Crippen LogP contribution is -2.41. The maximum atomic E-state index is 13.3. The van der Waals surface area contributed by atoms with E-state index in [2.05, 4.69) is 16.1 Å². The highest BCUT2D eigenvalue weighted by molar-refractivity contribution is 5.79. The van der Waals surface area contributed by atoms with Crippen molar-refractivity contribution in [1.82, 2.24) is 10.1 Å². The van der Waals surface area contributed by atoms with Crippen molar-refractivity contribution < 1.29 is 23.1 Å². The average Bonchev–Trinajstić information content (AvgIpc) is 3.25. The van der Waals surface area contributed by atoms with E-state index in [9.17, 15) is 4.39 Å². The lowest BCUT2D eigenvalue weighted by Gasteiger charge is -2.38. The molecule has 3 aromatic rings. The fourth-order valence-corrected chi connectivity index (χ4v) is 5.31. The molecule has 2 aliphatic heterocycles. The minimum absolute atomic E-state index is 0.225. The SMILES string of the molecule is COc1ccc2c(c1OC)CC(C1CCN(CCCc3noc4cc(F)ccc34)CC1)OC2. The summed E-state index contributed by atoms with van der Waals surface area (Å²) < 4.78 is 36.0. The van der Waals surface area contributed by atoms with Gasteiger partial charge in [-0.3, -0.25) is 0 Å². The van der Waals surface area contributed by atoms with Crippen molar-refractivity contribution in [3.63, 3.8) is 0 Å². The number of hydrogen-bond acceptors (Lipinski definition) is 6. The first-order valence-corrected chi connectivity index (χ1v) is 11.8. The van der Waals surface area contributed by atoms with Gasteiger partial charge >= 0.3 is 0 Å². The topological polar surface area (TPSA) is 57.0 Å². The molecule has 7 heteroatoms. The number of likely N-dealkylation sites (tertiary alicyclic amines) is 1. The van der Waals surface area contributed by atoms with E-state index < -0.39 is 0 Å². The Balaban J connectivity index is 1.13. The molecule has 0 saturated carbocycles. The number of aryl methyl sites for hydroxylation is 1. The summed E-state index contributed by atoms with van der Waals surface area (Å²) in [6.07, 6.45) is 5.22. The summed E-state index contributed by atoms with van der Waals surface area (Å²) in [7, 11) is 3.39. The van der Waals surface area contributed by atoms with Gasteiger partial charge in [-0.1, -0.05) is 11.2 Å². The standard InChI is InChI=1S/C26H31FN2O4/c1-30-23-8-5-18-16-32-24(15-21(18)26(23)31-2)17-9-12-29(13-10-17)11-3-4-22-20-7-6-19(27)14-25(20)33-28-22/h5-8,14,17,24H,3-4,9-13,15-16H2,1-2H3. The monoisotopic (exact) mass is 454 g/mol. The van der Waals surface area contributed by atoms with Crippen LogP contribution in [-0.4, -0.2) is 50.0 Å². The molecule has 5 rings (SSSR count). The lowest BCUT2D eigenvalue weighted by atomic mass is 9.85. The highest BCUT2D eigenvalue weighted by Crippen LogP contribution is 2.39. The van der Waals surface area contributed by atoms with Gasteiger partial charge in [0.25, 0.3) is 0 Å². The van der Waals surface area contributed by atoms with Gasteiger partial charge < -0.3 is 23.6 Å². The number of hydrogen-bond donors (Lipinski definition) is 0. The Bertz CT molecular complexity index is 1110. The summed E-state index contributed by atoms with van der Waals surface area (Å²) in [5, 5.41) is 5.06. The molecule has 1 fully saturated rings. The molecule has 0 amide bonds. The van der Waals surface area contributed by atoms with Crippen LogP contribution >= 0.6 is 0 Å². The molecule has 3 heterocycles. The Morgan fingerprint density at radius 2 is 1.97 bits per heavy atom. The normalized spacial score (nSPS) is 19.5. The van der Waals surface area contributed by atoms with Crippen LogP contribution in [0.1, 0.15) is 36.1 Å². The zero-order chi connectivity index (χ0) is 22.8. The second-order valence-electron chi connectivity index (χ2n) is 9.04. The quantitative estimate of drug-likeness (QED) is 0.513. The predicted molar refractivity (Wildman–Crippen MR) is 123 cm³/mol. The van der Waals surface area contributed by atoms with E-state index in [1.54, 1.807) is 20.3 Å². The van der Waals surface area contributed by atoms with Gasteiger partial charge in [-0.2, -0.15) is 0 Å². The molecule has 0 aliphatic carbocycles. The molecule has 1 aromatic heterocycles. The van der Waals surface area contributed by atoms with Crippen LogP contribution in [0.4, 0.5) is 4.39 Å². The summed E-state index contributed by atoms with van der Waals surface area (Å²) in [6.45, 7) is 3.83. The van der Waals surface area contributed by atoms with Crippen LogP contribution in [0.15, 0.2) is 34.9 Å². The minimum Gasteiger partial charge on any atom is -0.493 e. The molecular formula is C26H31FN2O4. The largest absolute Gasteiger partial charge is 0.493 e. The minimum atomic E-state index is -0.295.